The summed E-state index contributed by atoms with van der Waals surface area (Å²) in [4.78, 5) is 16.3. The molecule has 18 heavy (non-hydrogen) atoms. The zero-order valence-electron chi connectivity index (χ0n) is 11.0. The van der Waals surface area contributed by atoms with Crippen LogP contribution < -0.4 is 5.32 Å². The molecular formula is C14H20N2OS. The lowest BCUT2D eigenvalue weighted by Gasteiger charge is -2.30. The molecule has 1 N–H and O–H groups in total. The summed E-state index contributed by atoms with van der Waals surface area (Å²) < 4.78 is 0. The van der Waals surface area contributed by atoms with Gasteiger partial charge in [0, 0.05) is 28.7 Å². The van der Waals surface area contributed by atoms with Crippen molar-refractivity contribution in [1.29, 1.82) is 0 Å². The molecule has 0 saturated heterocycles. The van der Waals surface area contributed by atoms with Crippen LogP contribution in [0.2, 0.25) is 0 Å². The molecule has 0 bridgehead atoms. The molecule has 1 saturated carbocycles. The molecule has 1 aromatic rings. The molecule has 0 spiro atoms. The Morgan fingerprint density at radius 3 is 2.94 bits per heavy atom. The fourth-order valence-electron chi connectivity index (χ4n) is 2.48. The molecule has 0 radical (unpaired) electrons. The first-order valence-electron chi connectivity index (χ1n) is 6.47. The Morgan fingerprint density at radius 1 is 1.44 bits per heavy atom. The van der Waals surface area contributed by atoms with Gasteiger partial charge in [0.1, 0.15) is 0 Å². The highest BCUT2D eigenvalue weighted by Crippen LogP contribution is 2.27. The lowest BCUT2D eigenvalue weighted by Crippen LogP contribution is -2.43. The van der Waals surface area contributed by atoms with Crippen LogP contribution in [0.1, 0.15) is 41.7 Å². The van der Waals surface area contributed by atoms with Crippen LogP contribution in [0.15, 0.2) is 18.3 Å². The van der Waals surface area contributed by atoms with Crippen LogP contribution in [-0.4, -0.2) is 28.4 Å². The van der Waals surface area contributed by atoms with Gasteiger partial charge in [0.15, 0.2) is 0 Å². The molecule has 1 heterocycles. The summed E-state index contributed by atoms with van der Waals surface area (Å²) in [5, 5.41) is 3.74. The number of rotatable bonds is 3. The van der Waals surface area contributed by atoms with E-state index < -0.39 is 0 Å². The SMILES string of the molecule is CS[C@@H]1CCCC[C@H]1NC(=O)c1ccnc(C)c1. The van der Waals surface area contributed by atoms with E-state index in [2.05, 4.69) is 16.6 Å². The molecule has 1 aliphatic carbocycles. The van der Waals surface area contributed by atoms with Crippen molar-refractivity contribution in [3.05, 3.63) is 29.6 Å². The van der Waals surface area contributed by atoms with Crippen LogP contribution in [0, 0.1) is 6.92 Å². The van der Waals surface area contributed by atoms with Crippen LogP contribution in [0.25, 0.3) is 0 Å². The van der Waals surface area contributed by atoms with Crippen molar-refractivity contribution in [2.45, 2.75) is 43.9 Å². The first-order valence-corrected chi connectivity index (χ1v) is 7.76. The number of nitrogens with zero attached hydrogens (tertiary/aromatic N) is 1. The highest BCUT2D eigenvalue weighted by atomic mass is 32.2. The number of carbonyl (C=O) groups excluding carboxylic acids is 1. The normalized spacial score (nSPS) is 23.7. The first-order chi connectivity index (χ1) is 8.70. The monoisotopic (exact) mass is 264 g/mol. The van der Waals surface area contributed by atoms with Gasteiger partial charge in [-0.15, -0.1) is 0 Å². The quantitative estimate of drug-likeness (QED) is 0.913. The number of hydrogen-bond donors (Lipinski definition) is 1. The van der Waals surface area contributed by atoms with E-state index in [-0.39, 0.29) is 5.91 Å². The minimum atomic E-state index is 0.0338. The topological polar surface area (TPSA) is 42.0 Å². The van der Waals surface area contributed by atoms with E-state index in [9.17, 15) is 4.79 Å². The number of aromatic nitrogens is 1. The molecule has 1 fully saturated rings. The predicted octanol–water partition coefficient (Wildman–Crippen LogP) is 2.79. The van der Waals surface area contributed by atoms with Crippen molar-refractivity contribution >= 4 is 17.7 Å². The van der Waals surface area contributed by atoms with Gasteiger partial charge in [0.05, 0.1) is 0 Å². The minimum Gasteiger partial charge on any atom is -0.348 e. The molecule has 3 nitrogen and oxygen atoms in total. The van der Waals surface area contributed by atoms with Gasteiger partial charge in [0.25, 0.3) is 5.91 Å². The largest absolute Gasteiger partial charge is 0.348 e. The fourth-order valence-corrected chi connectivity index (χ4v) is 3.42. The number of aryl methyl sites for hydroxylation is 1. The maximum atomic E-state index is 12.2. The lowest BCUT2D eigenvalue weighted by molar-refractivity contribution is 0.0929. The third-order valence-electron chi connectivity index (χ3n) is 3.48. The van der Waals surface area contributed by atoms with Crippen LogP contribution in [0.5, 0.6) is 0 Å². The summed E-state index contributed by atoms with van der Waals surface area (Å²) in [5.41, 5.74) is 1.60. The van der Waals surface area contributed by atoms with Crippen molar-refractivity contribution in [3.63, 3.8) is 0 Å². The second-order valence-corrected chi connectivity index (χ2v) is 5.90. The fraction of sp³-hybridized carbons (Fsp3) is 0.571. The molecule has 2 atom stereocenters. The molecule has 1 aliphatic rings. The van der Waals surface area contributed by atoms with E-state index >= 15 is 0 Å². The molecule has 0 unspecified atom stereocenters. The zero-order chi connectivity index (χ0) is 13.0. The first kappa shape index (κ1) is 13.4. The smallest absolute Gasteiger partial charge is 0.251 e. The number of nitrogens with one attached hydrogen (secondary N) is 1. The Hall–Kier alpha value is -1.03. The summed E-state index contributed by atoms with van der Waals surface area (Å²) in [5.74, 6) is 0.0338. The zero-order valence-corrected chi connectivity index (χ0v) is 11.8. The van der Waals surface area contributed by atoms with Crippen molar-refractivity contribution in [1.82, 2.24) is 10.3 Å². The molecule has 4 heteroatoms. The van der Waals surface area contributed by atoms with E-state index in [1.807, 2.05) is 24.8 Å². The van der Waals surface area contributed by atoms with E-state index in [0.29, 0.717) is 16.9 Å². The molecule has 0 aliphatic heterocycles. The predicted molar refractivity (Wildman–Crippen MR) is 76.0 cm³/mol. The Balaban J connectivity index is 2.02. The van der Waals surface area contributed by atoms with Crippen molar-refractivity contribution < 1.29 is 4.79 Å². The van der Waals surface area contributed by atoms with Crippen molar-refractivity contribution in [2.24, 2.45) is 0 Å². The van der Waals surface area contributed by atoms with Crippen molar-refractivity contribution in [3.8, 4) is 0 Å². The van der Waals surface area contributed by atoms with E-state index in [0.717, 1.165) is 12.1 Å². The second-order valence-electron chi connectivity index (χ2n) is 4.82. The Labute approximate surface area is 113 Å². The Bertz CT molecular complexity index is 422. The molecular weight excluding hydrogens is 244 g/mol. The van der Waals surface area contributed by atoms with E-state index in [1.54, 1.807) is 12.3 Å². The number of hydrogen-bond acceptors (Lipinski definition) is 3. The lowest BCUT2D eigenvalue weighted by atomic mass is 9.94. The average Bonchev–Trinajstić information content (AvgIpc) is 2.39. The van der Waals surface area contributed by atoms with Gasteiger partial charge in [-0.2, -0.15) is 11.8 Å². The van der Waals surface area contributed by atoms with Crippen molar-refractivity contribution in [2.75, 3.05) is 6.26 Å². The van der Waals surface area contributed by atoms with Gasteiger partial charge in [0.2, 0.25) is 0 Å². The molecule has 98 valence electrons. The van der Waals surface area contributed by atoms with Gasteiger partial charge >= 0.3 is 0 Å². The van der Waals surface area contributed by atoms with E-state index in [4.69, 9.17) is 0 Å². The third-order valence-corrected chi connectivity index (χ3v) is 4.65. The third kappa shape index (κ3) is 3.25. The van der Waals surface area contributed by atoms with Gasteiger partial charge in [-0.3, -0.25) is 9.78 Å². The maximum Gasteiger partial charge on any atom is 0.251 e. The standard InChI is InChI=1S/C14H20N2OS/c1-10-9-11(7-8-15-10)14(17)16-12-5-3-4-6-13(12)18-2/h7-9,12-13H,3-6H2,1-2H3,(H,16,17)/t12-,13-/m1/s1. The van der Waals surface area contributed by atoms with Crippen LogP contribution >= 0.6 is 11.8 Å². The Kier molecular flexibility index (Phi) is 4.64. The van der Waals surface area contributed by atoms with Gasteiger partial charge < -0.3 is 5.32 Å². The van der Waals surface area contributed by atoms with E-state index in [1.165, 1.54) is 19.3 Å². The van der Waals surface area contributed by atoms with Crippen LogP contribution in [0.4, 0.5) is 0 Å². The molecule has 2 rings (SSSR count). The number of thioether (sulfide) groups is 1. The number of pyridine rings is 1. The molecule has 1 aromatic heterocycles. The van der Waals surface area contributed by atoms with Gasteiger partial charge in [-0.25, -0.2) is 0 Å². The van der Waals surface area contributed by atoms with Crippen LogP contribution in [-0.2, 0) is 0 Å². The summed E-state index contributed by atoms with van der Waals surface area (Å²) >= 11 is 1.87. The average molecular weight is 264 g/mol. The Morgan fingerprint density at radius 2 is 2.22 bits per heavy atom. The maximum absolute atomic E-state index is 12.2. The summed E-state index contributed by atoms with van der Waals surface area (Å²) in [7, 11) is 0. The molecule has 1 amide bonds. The molecule has 0 aromatic carbocycles. The summed E-state index contributed by atoms with van der Waals surface area (Å²) in [6.07, 6.45) is 8.63. The van der Waals surface area contributed by atoms with Crippen LogP contribution in [0.3, 0.4) is 0 Å². The number of amides is 1. The summed E-state index contributed by atoms with van der Waals surface area (Å²) in [6, 6.07) is 3.93. The highest BCUT2D eigenvalue weighted by molar-refractivity contribution is 7.99. The second kappa shape index (κ2) is 6.23. The van der Waals surface area contributed by atoms with Gasteiger partial charge in [-0.1, -0.05) is 12.8 Å². The highest BCUT2D eigenvalue weighted by Gasteiger charge is 2.25. The van der Waals surface area contributed by atoms with Gasteiger partial charge in [-0.05, 0) is 38.2 Å². The minimum absolute atomic E-state index is 0.0338. The summed E-state index contributed by atoms with van der Waals surface area (Å²) in [6.45, 7) is 1.90. The number of carbonyl (C=O) groups is 1.